The van der Waals surface area contributed by atoms with Gasteiger partial charge in [-0.1, -0.05) is 34.5 Å². The molecule has 1 aromatic heterocycles. The molecule has 0 fully saturated rings. The van der Waals surface area contributed by atoms with E-state index in [1.165, 1.54) is 35.6 Å². The van der Waals surface area contributed by atoms with Gasteiger partial charge in [0.2, 0.25) is 4.80 Å². The van der Waals surface area contributed by atoms with E-state index in [1.54, 1.807) is 11.6 Å². The number of fused-ring (bicyclic) bond motifs is 1. The third-order valence-corrected chi connectivity index (χ3v) is 6.31. The molecule has 120 valence electrons. The lowest BCUT2D eigenvalue weighted by molar-refractivity contribution is 0.596. The molecule has 0 atom stereocenters. The Labute approximate surface area is 147 Å². The molecule has 0 N–H and O–H groups in total. The van der Waals surface area contributed by atoms with Gasteiger partial charge in [-0.3, -0.25) is 0 Å². The number of hydrogen-bond donors (Lipinski definition) is 0. The van der Waals surface area contributed by atoms with Crippen molar-refractivity contribution in [1.29, 1.82) is 0 Å². The Hall–Kier alpha value is -1.34. The summed E-state index contributed by atoms with van der Waals surface area (Å²) in [5, 5.41) is 1.09. The molecule has 0 radical (unpaired) electrons. The van der Waals surface area contributed by atoms with Gasteiger partial charge >= 0.3 is 0 Å². The Balaban J connectivity index is 2.23. The SMILES string of the molecule is Cc1cc(Cl)cc2s/c(=N\S(=O)(=O)c3ccc(Cl)cc3)n(C)c12. The van der Waals surface area contributed by atoms with E-state index in [-0.39, 0.29) is 4.90 Å². The summed E-state index contributed by atoms with van der Waals surface area (Å²) in [5.74, 6) is 0. The predicted octanol–water partition coefficient (Wildman–Crippen LogP) is 4.14. The second-order valence-electron chi connectivity index (χ2n) is 5.03. The van der Waals surface area contributed by atoms with Crippen LogP contribution in [0.3, 0.4) is 0 Å². The van der Waals surface area contributed by atoms with Crippen molar-refractivity contribution in [3.8, 4) is 0 Å². The van der Waals surface area contributed by atoms with E-state index >= 15 is 0 Å². The first-order valence-electron chi connectivity index (χ1n) is 6.60. The molecule has 0 aliphatic heterocycles. The fraction of sp³-hybridized carbons (Fsp3) is 0.133. The molecule has 0 spiro atoms. The average Bonchev–Trinajstić information content (AvgIpc) is 2.75. The van der Waals surface area contributed by atoms with Gasteiger partial charge in [0.15, 0.2) is 0 Å². The number of halogens is 2. The number of aryl methyl sites for hydroxylation is 2. The summed E-state index contributed by atoms with van der Waals surface area (Å²) in [7, 11) is -2.01. The van der Waals surface area contributed by atoms with Crippen molar-refractivity contribution in [1.82, 2.24) is 4.57 Å². The lowest BCUT2D eigenvalue weighted by Crippen LogP contribution is -2.14. The van der Waals surface area contributed by atoms with Crippen LogP contribution in [0.5, 0.6) is 0 Å². The van der Waals surface area contributed by atoms with Gasteiger partial charge in [0.25, 0.3) is 10.0 Å². The van der Waals surface area contributed by atoms with Crippen LogP contribution in [0, 0.1) is 6.92 Å². The average molecular weight is 387 g/mol. The minimum absolute atomic E-state index is 0.106. The van der Waals surface area contributed by atoms with E-state index in [0.717, 1.165) is 15.8 Å². The minimum atomic E-state index is -3.80. The standard InChI is InChI=1S/C15H12Cl2N2O2S2/c1-9-7-11(17)8-13-14(9)19(2)15(22-13)18-23(20,21)12-5-3-10(16)4-6-12/h3-8H,1-2H3/b18-15-. The highest BCUT2D eigenvalue weighted by Crippen LogP contribution is 2.25. The monoisotopic (exact) mass is 386 g/mol. The molecule has 0 bridgehead atoms. The van der Waals surface area contributed by atoms with E-state index < -0.39 is 10.0 Å². The van der Waals surface area contributed by atoms with Gasteiger partial charge in [-0.2, -0.15) is 8.42 Å². The zero-order valence-corrected chi connectivity index (χ0v) is 15.4. The normalized spacial score (nSPS) is 13.0. The predicted molar refractivity (Wildman–Crippen MR) is 94.7 cm³/mol. The van der Waals surface area contributed by atoms with E-state index in [2.05, 4.69) is 4.40 Å². The summed E-state index contributed by atoms with van der Waals surface area (Å²) in [6.45, 7) is 1.93. The first kappa shape index (κ1) is 16.5. The maximum Gasteiger partial charge on any atom is 0.285 e. The van der Waals surface area contributed by atoms with Crippen molar-refractivity contribution in [2.75, 3.05) is 0 Å². The summed E-state index contributed by atoms with van der Waals surface area (Å²) >= 11 is 13.1. The Morgan fingerprint density at radius 2 is 1.74 bits per heavy atom. The molecule has 0 aliphatic carbocycles. The molecule has 8 heteroatoms. The van der Waals surface area contributed by atoms with E-state index in [9.17, 15) is 8.42 Å². The maximum atomic E-state index is 12.5. The third kappa shape index (κ3) is 3.17. The fourth-order valence-electron chi connectivity index (χ4n) is 2.32. The highest BCUT2D eigenvalue weighted by atomic mass is 35.5. The summed E-state index contributed by atoms with van der Waals surface area (Å²) in [6, 6.07) is 9.58. The van der Waals surface area contributed by atoms with Crippen LogP contribution in [0.4, 0.5) is 0 Å². The van der Waals surface area contributed by atoms with E-state index in [0.29, 0.717) is 14.8 Å². The van der Waals surface area contributed by atoms with Gasteiger partial charge in [-0.25, -0.2) is 0 Å². The van der Waals surface area contributed by atoms with Crippen LogP contribution in [0.2, 0.25) is 10.0 Å². The topological polar surface area (TPSA) is 51.4 Å². The van der Waals surface area contributed by atoms with E-state index in [1.807, 2.05) is 19.1 Å². The second kappa shape index (κ2) is 5.94. The van der Waals surface area contributed by atoms with Crippen LogP contribution in [-0.4, -0.2) is 13.0 Å². The summed E-state index contributed by atoms with van der Waals surface area (Å²) in [6.07, 6.45) is 0. The maximum absolute atomic E-state index is 12.5. The lowest BCUT2D eigenvalue weighted by Gasteiger charge is -2.01. The van der Waals surface area contributed by atoms with Gasteiger partial charge in [0.05, 0.1) is 15.1 Å². The van der Waals surface area contributed by atoms with Crippen molar-refractivity contribution >= 4 is 54.8 Å². The number of sulfonamides is 1. The van der Waals surface area contributed by atoms with Crippen molar-refractivity contribution in [2.45, 2.75) is 11.8 Å². The molecule has 0 saturated heterocycles. The molecule has 23 heavy (non-hydrogen) atoms. The van der Waals surface area contributed by atoms with Gasteiger partial charge in [-0.15, -0.1) is 4.40 Å². The Morgan fingerprint density at radius 1 is 1.09 bits per heavy atom. The number of nitrogens with zero attached hydrogens (tertiary/aromatic N) is 2. The number of aromatic nitrogens is 1. The third-order valence-electron chi connectivity index (χ3n) is 3.36. The van der Waals surface area contributed by atoms with Gasteiger partial charge in [-0.05, 0) is 48.9 Å². The Bertz CT molecular complexity index is 1070. The van der Waals surface area contributed by atoms with Gasteiger partial charge in [0, 0.05) is 17.1 Å². The Morgan fingerprint density at radius 3 is 2.39 bits per heavy atom. The molecule has 0 aliphatic rings. The largest absolute Gasteiger partial charge is 0.319 e. The van der Waals surface area contributed by atoms with E-state index in [4.69, 9.17) is 23.2 Å². The second-order valence-corrected chi connectivity index (χ2v) is 8.52. The fourth-order valence-corrected chi connectivity index (χ4v) is 5.14. The van der Waals surface area contributed by atoms with Crippen LogP contribution >= 0.6 is 34.5 Å². The molecule has 4 nitrogen and oxygen atoms in total. The summed E-state index contributed by atoms with van der Waals surface area (Å²) in [4.78, 5) is 0.495. The summed E-state index contributed by atoms with van der Waals surface area (Å²) < 4.78 is 31.5. The molecule has 1 heterocycles. The lowest BCUT2D eigenvalue weighted by atomic mass is 10.2. The molecule has 3 rings (SSSR count). The van der Waals surface area contributed by atoms with Crippen LogP contribution in [0.15, 0.2) is 45.7 Å². The Kier molecular flexibility index (Phi) is 4.27. The quantitative estimate of drug-likeness (QED) is 0.664. The highest BCUT2D eigenvalue weighted by molar-refractivity contribution is 7.90. The van der Waals surface area contributed by atoms with Crippen molar-refractivity contribution in [3.63, 3.8) is 0 Å². The molecular weight excluding hydrogens is 375 g/mol. The number of hydrogen-bond acceptors (Lipinski definition) is 3. The highest BCUT2D eigenvalue weighted by Gasteiger charge is 2.14. The molecule has 2 aromatic carbocycles. The molecule has 0 unspecified atom stereocenters. The van der Waals surface area contributed by atoms with Crippen molar-refractivity contribution in [2.24, 2.45) is 11.4 Å². The first-order chi connectivity index (χ1) is 10.8. The molecule has 0 amide bonds. The van der Waals surface area contributed by atoms with Gasteiger partial charge < -0.3 is 4.57 Å². The van der Waals surface area contributed by atoms with Crippen LogP contribution < -0.4 is 4.80 Å². The van der Waals surface area contributed by atoms with Gasteiger partial charge in [0.1, 0.15) is 0 Å². The van der Waals surface area contributed by atoms with Crippen LogP contribution in [-0.2, 0) is 17.1 Å². The zero-order valence-electron chi connectivity index (χ0n) is 12.2. The first-order valence-corrected chi connectivity index (χ1v) is 9.61. The minimum Gasteiger partial charge on any atom is -0.319 e. The zero-order chi connectivity index (χ0) is 16.8. The van der Waals surface area contributed by atoms with Crippen molar-refractivity contribution < 1.29 is 8.42 Å². The number of benzene rings is 2. The molecular formula is C15H12Cl2N2O2S2. The smallest absolute Gasteiger partial charge is 0.285 e. The van der Waals surface area contributed by atoms with Crippen LogP contribution in [0.1, 0.15) is 5.56 Å². The summed E-state index contributed by atoms with van der Waals surface area (Å²) in [5.41, 5.74) is 1.89. The molecule has 0 saturated carbocycles. The van der Waals surface area contributed by atoms with Crippen LogP contribution in [0.25, 0.3) is 10.2 Å². The number of rotatable bonds is 2. The molecule has 3 aromatic rings. The number of thiazole rings is 1. The van der Waals surface area contributed by atoms with Crippen molar-refractivity contribution in [3.05, 3.63) is 56.8 Å².